The van der Waals surface area contributed by atoms with Crippen LogP contribution < -0.4 is 0 Å². The van der Waals surface area contributed by atoms with Crippen molar-refractivity contribution in [3.05, 3.63) is 21.3 Å². The standard InChI is InChI=1S/C14H14ClNO3S/c15-12-6-5-11(20-12)10(17)7-16-13(18)8-3-1-2-4-9(8)14(16)19/h5-6,8-9H,1-4,7H2. The number of rotatable bonds is 3. The van der Waals surface area contributed by atoms with Crippen LogP contribution in [0, 0.1) is 11.8 Å². The van der Waals surface area contributed by atoms with Crippen LogP contribution in [0.2, 0.25) is 4.34 Å². The Kier molecular flexibility index (Phi) is 3.65. The van der Waals surface area contributed by atoms with E-state index < -0.39 is 0 Å². The van der Waals surface area contributed by atoms with E-state index in [1.807, 2.05) is 0 Å². The van der Waals surface area contributed by atoms with E-state index in [1.165, 1.54) is 11.3 Å². The summed E-state index contributed by atoms with van der Waals surface area (Å²) in [7, 11) is 0. The summed E-state index contributed by atoms with van der Waals surface area (Å²) in [6.45, 7) is -0.151. The van der Waals surface area contributed by atoms with Crippen molar-refractivity contribution in [3.8, 4) is 0 Å². The van der Waals surface area contributed by atoms with Crippen molar-refractivity contribution in [3.63, 3.8) is 0 Å². The number of likely N-dealkylation sites (tertiary alicyclic amines) is 1. The summed E-state index contributed by atoms with van der Waals surface area (Å²) in [6.07, 6.45) is 3.51. The van der Waals surface area contributed by atoms with Crippen molar-refractivity contribution in [2.45, 2.75) is 25.7 Å². The van der Waals surface area contributed by atoms with Crippen molar-refractivity contribution in [1.82, 2.24) is 4.90 Å². The minimum Gasteiger partial charge on any atom is -0.291 e. The van der Waals surface area contributed by atoms with Crippen LogP contribution in [0.5, 0.6) is 0 Å². The number of fused-ring (bicyclic) bond motifs is 1. The molecule has 1 aromatic rings. The highest BCUT2D eigenvalue weighted by molar-refractivity contribution is 7.18. The summed E-state index contributed by atoms with van der Waals surface area (Å²) >= 11 is 6.97. The molecule has 0 N–H and O–H groups in total. The maximum atomic E-state index is 12.3. The molecule has 2 unspecified atom stereocenters. The normalized spacial score (nSPS) is 25.9. The molecule has 0 aromatic carbocycles. The fourth-order valence-corrected chi connectivity index (χ4v) is 4.05. The molecule has 2 heterocycles. The topological polar surface area (TPSA) is 54.5 Å². The van der Waals surface area contributed by atoms with Crippen LogP contribution in [0.4, 0.5) is 0 Å². The maximum absolute atomic E-state index is 12.3. The first-order valence-electron chi connectivity index (χ1n) is 6.71. The zero-order valence-electron chi connectivity index (χ0n) is 10.8. The van der Waals surface area contributed by atoms with Crippen molar-refractivity contribution in [2.75, 3.05) is 6.54 Å². The minimum atomic E-state index is -0.220. The lowest BCUT2D eigenvalue weighted by Gasteiger charge is -2.19. The van der Waals surface area contributed by atoms with Gasteiger partial charge in [-0.05, 0) is 25.0 Å². The van der Waals surface area contributed by atoms with Crippen LogP contribution in [0.1, 0.15) is 35.4 Å². The first kappa shape index (κ1) is 13.8. The van der Waals surface area contributed by atoms with E-state index in [0.717, 1.165) is 30.6 Å². The zero-order valence-corrected chi connectivity index (χ0v) is 12.4. The number of Topliss-reactive ketones (excluding diaryl/α,β-unsaturated/α-hetero) is 1. The molecule has 106 valence electrons. The second kappa shape index (κ2) is 5.30. The molecule has 1 aliphatic heterocycles. The van der Waals surface area contributed by atoms with Crippen LogP contribution >= 0.6 is 22.9 Å². The highest BCUT2D eigenvalue weighted by Gasteiger charge is 2.48. The average molecular weight is 312 g/mol. The van der Waals surface area contributed by atoms with Gasteiger partial charge in [-0.25, -0.2) is 0 Å². The number of ketones is 1. The number of thiophene rings is 1. The van der Waals surface area contributed by atoms with Gasteiger partial charge in [0.05, 0.1) is 27.6 Å². The van der Waals surface area contributed by atoms with E-state index in [4.69, 9.17) is 11.6 Å². The quantitative estimate of drug-likeness (QED) is 0.637. The molecule has 6 heteroatoms. The minimum absolute atomic E-state index is 0.151. The van der Waals surface area contributed by atoms with E-state index in [-0.39, 0.29) is 36.0 Å². The van der Waals surface area contributed by atoms with Crippen LogP contribution in [-0.4, -0.2) is 29.0 Å². The summed E-state index contributed by atoms with van der Waals surface area (Å²) in [5.41, 5.74) is 0. The Morgan fingerprint density at radius 1 is 1.20 bits per heavy atom. The highest BCUT2D eigenvalue weighted by atomic mass is 35.5. The van der Waals surface area contributed by atoms with Crippen LogP contribution in [-0.2, 0) is 9.59 Å². The number of hydrogen-bond acceptors (Lipinski definition) is 4. The zero-order chi connectivity index (χ0) is 14.3. The van der Waals surface area contributed by atoms with Crippen LogP contribution in [0.25, 0.3) is 0 Å². The third-order valence-electron chi connectivity index (χ3n) is 4.08. The Hall–Kier alpha value is -1.20. The van der Waals surface area contributed by atoms with Gasteiger partial charge in [-0.1, -0.05) is 24.4 Å². The first-order chi connectivity index (χ1) is 9.58. The summed E-state index contributed by atoms with van der Waals surface area (Å²) in [5.74, 6) is -0.958. The lowest BCUT2D eigenvalue weighted by atomic mass is 9.81. The Labute approximate surface area is 125 Å². The molecule has 0 spiro atoms. The average Bonchev–Trinajstić information content (AvgIpc) is 2.98. The predicted octanol–water partition coefficient (Wildman–Crippen LogP) is 2.76. The number of carbonyl (C=O) groups excluding carboxylic acids is 3. The SMILES string of the molecule is O=C(CN1C(=O)C2CCCCC2C1=O)c1ccc(Cl)s1. The van der Waals surface area contributed by atoms with E-state index in [9.17, 15) is 14.4 Å². The number of halogens is 1. The van der Waals surface area contributed by atoms with Gasteiger partial charge in [0.15, 0.2) is 5.78 Å². The van der Waals surface area contributed by atoms with Crippen molar-refractivity contribution in [1.29, 1.82) is 0 Å². The fourth-order valence-electron chi connectivity index (χ4n) is 3.07. The molecule has 2 aliphatic rings. The molecule has 2 fully saturated rings. The number of hydrogen-bond donors (Lipinski definition) is 0. The second-order valence-corrected chi connectivity index (χ2v) is 7.00. The van der Waals surface area contributed by atoms with Gasteiger partial charge in [-0.3, -0.25) is 19.3 Å². The van der Waals surface area contributed by atoms with Gasteiger partial charge < -0.3 is 0 Å². The van der Waals surface area contributed by atoms with E-state index in [0.29, 0.717) is 9.21 Å². The third-order valence-corrected chi connectivity index (χ3v) is 5.35. The van der Waals surface area contributed by atoms with E-state index in [2.05, 4.69) is 0 Å². The van der Waals surface area contributed by atoms with E-state index in [1.54, 1.807) is 12.1 Å². The van der Waals surface area contributed by atoms with Crippen molar-refractivity contribution >= 4 is 40.5 Å². The molecular formula is C14H14ClNO3S. The molecule has 2 atom stereocenters. The van der Waals surface area contributed by atoms with Gasteiger partial charge in [0.1, 0.15) is 0 Å². The molecule has 0 radical (unpaired) electrons. The first-order valence-corrected chi connectivity index (χ1v) is 7.91. The van der Waals surface area contributed by atoms with Crippen molar-refractivity contribution < 1.29 is 14.4 Å². The van der Waals surface area contributed by atoms with E-state index >= 15 is 0 Å². The van der Waals surface area contributed by atoms with Crippen molar-refractivity contribution in [2.24, 2.45) is 11.8 Å². The number of imide groups is 1. The van der Waals surface area contributed by atoms with Gasteiger partial charge in [-0.15, -0.1) is 11.3 Å². The molecule has 20 heavy (non-hydrogen) atoms. The number of amides is 2. The molecule has 3 rings (SSSR count). The predicted molar refractivity (Wildman–Crippen MR) is 75.8 cm³/mol. The fraction of sp³-hybridized carbons (Fsp3) is 0.500. The summed E-state index contributed by atoms with van der Waals surface area (Å²) in [4.78, 5) is 38.3. The number of carbonyl (C=O) groups is 3. The van der Waals surface area contributed by atoms with Gasteiger partial charge in [0.25, 0.3) is 0 Å². The molecule has 0 bridgehead atoms. The number of nitrogens with zero attached hydrogens (tertiary/aromatic N) is 1. The molecule has 1 saturated heterocycles. The van der Waals surface area contributed by atoms with Crippen LogP contribution in [0.3, 0.4) is 0 Å². The maximum Gasteiger partial charge on any atom is 0.233 e. The van der Waals surface area contributed by atoms with Gasteiger partial charge in [-0.2, -0.15) is 0 Å². The lowest BCUT2D eigenvalue weighted by molar-refractivity contribution is -0.139. The highest BCUT2D eigenvalue weighted by Crippen LogP contribution is 2.38. The second-order valence-electron chi connectivity index (χ2n) is 5.29. The Balaban J connectivity index is 1.75. The summed E-state index contributed by atoms with van der Waals surface area (Å²) in [5, 5.41) is 0. The van der Waals surface area contributed by atoms with Crippen LogP contribution in [0.15, 0.2) is 12.1 Å². The summed E-state index contributed by atoms with van der Waals surface area (Å²) < 4.78 is 0.529. The Morgan fingerprint density at radius 2 is 1.80 bits per heavy atom. The molecular weight excluding hydrogens is 298 g/mol. The molecule has 1 aliphatic carbocycles. The lowest BCUT2D eigenvalue weighted by Crippen LogP contribution is -2.35. The molecule has 4 nitrogen and oxygen atoms in total. The van der Waals surface area contributed by atoms with Gasteiger partial charge in [0.2, 0.25) is 11.8 Å². The largest absolute Gasteiger partial charge is 0.291 e. The molecule has 2 amide bonds. The van der Waals surface area contributed by atoms with Gasteiger partial charge >= 0.3 is 0 Å². The summed E-state index contributed by atoms with van der Waals surface area (Å²) in [6, 6.07) is 3.28. The Morgan fingerprint density at radius 3 is 2.30 bits per heavy atom. The van der Waals surface area contributed by atoms with Gasteiger partial charge in [0, 0.05) is 0 Å². The molecule has 1 aromatic heterocycles. The third kappa shape index (κ3) is 2.29. The smallest absolute Gasteiger partial charge is 0.233 e. The molecule has 1 saturated carbocycles. The Bertz CT molecular complexity index is 559. The monoisotopic (exact) mass is 311 g/mol.